The maximum Gasteiger partial charge on any atom is 0.514 e. The summed E-state index contributed by atoms with van der Waals surface area (Å²) in [6.45, 7) is 1.66. The molecule has 0 aromatic rings. The van der Waals surface area contributed by atoms with Crippen LogP contribution in [0, 0.1) is 5.92 Å². The average molecular weight is 262 g/mol. The van der Waals surface area contributed by atoms with Gasteiger partial charge in [-0.25, -0.2) is 0 Å². The van der Waals surface area contributed by atoms with E-state index in [-0.39, 0.29) is 11.8 Å². The minimum Gasteiger partial charge on any atom is -0.376 e. The van der Waals surface area contributed by atoms with Crippen LogP contribution >= 0.6 is 0 Å². The van der Waals surface area contributed by atoms with Crippen LogP contribution in [-0.2, 0) is 18.1 Å². The van der Waals surface area contributed by atoms with Gasteiger partial charge in [-0.2, -0.15) is 0 Å². The predicted octanol–water partition coefficient (Wildman–Crippen LogP) is -0.399. The number of carbonyl (C=O) groups is 1. The molecule has 1 aliphatic heterocycles. The van der Waals surface area contributed by atoms with Gasteiger partial charge in [-0.3, -0.25) is 9.69 Å². The van der Waals surface area contributed by atoms with Gasteiger partial charge in [0.05, 0.1) is 6.17 Å². The largest absolute Gasteiger partial charge is 0.514 e. The maximum atomic E-state index is 11.1. The van der Waals surface area contributed by atoms with Gasteiger partial charge >= 0.3 is 8.80 Å². The van der Waals surface area contributed by atoms with Crippen LogP contribution < -0.4 is 5.73 Å². The van der Waals surface area contributed by atoms with Crippen molar-refractivity contribution in [1.82, 2.24) is 4.90 Å². The van der Waals surface area contributed by atoms with Gasteiger partial charge in [-0.05, 0) is 25.9 Å². The first-order chi connectivity index (χ1) is 8.06. The van der Waals surface area contributed by atoms with E-state index in [1.54, 1.807) is 21.3 Å². The number of hydrogen-bond acceptors (Lipinski definition) is 5. The number of piperidine rings is 1. The van der Waals surface area contributed by atoms with E-state index in [0.717, 1.165) is 25.9 Å². The molecule has 0 radical (unpaired) electrons. The number of likely N-dealkylation sites (tertiary alicyclic amines) is 1. The second-order valence-electron chi connectivity index (χ2n) is 4.25. The van der Waals surface area contributed by atoms with E-state index in [1.165, 1.54) is 0 Å². The van der Waals surface area contributed by atoms with Crippen LogP contribution in [-0.4, -0.2) is 60.2 Å². The lowest BCUT2D eigenvalue weighted by Crippen LogP contribution is -2.55. The molecule has 1 heterocycles. The fourth-order valence-corrected chi connectivity index (χ4v) is 3.84. The molecule has 1 amide bonds. The zero-order valence-corrected chi connectivity index (χ0v) is 11.8. The van der Waals surface area contributed by atoms with Crippen LogP contribution in [0.3, 0.4) is 0 Å². The van der Waals surface area contributed by atoms with Gasteiger partial charge in [0.25, 0.3) is 0 Å². The molecule has 6 nitrogen and oxygen atoms in total. The molecule has 17 heavy (non-hydrogen) atoms. The SMILES string of the molecule is CO[Si](CN1CCC(C(N)=O)CC1)(OC)OC. The topological polar surface area (TPSA) is 74.0 Å². The Bertz CT molecular complexity index is 244. The van der Waals surface area contributed by atoms with Gasteiger partial charge in [-0.1, -0.05) is 0 Å². The first-order valence-corrected chi connectivity index (χ1v) is 7.67. The Labute approximate surface area is 103 Å². The molecular formula is C10H22N2O4Si. The van der Waals surface area contributed by atoms with E-state index < -0.39 is 8.80 Å². The van der Waals surface area contributed by atoms with Crippen molar-refractivity contribution in [3.63, 3.8) is 0 Å². The molecule has 2 N–H and O–H groups in total. The van der Waals surface area contributed by atoms with E-state index in [1.807, 2.05) is 0 Å². The maximum absolute atomic E-state index is 11.1. The van der Waals surface area contributed by atoms with Gasteiger partial charge in [-0.15, -0.1) is 0 Å². The van der Waals surface area contributed by atoms with Crippen molar-refractivity contribution in [2.45, 2.75) is 12.8 Å². The van der Waals surface area contributed by atoms with Crippen molar-refractivity contribution in [2.24, 2.45) is 11.7 Å². The van der Waals surface area contributed by atoms with Crippen LogP contribution in [0.1, 0.15) is 12.8 Å². The van der Waals surface area contributed by atoms with Gasteiger partial charge in [0.15, 0.2) is 0 Å². The molecular weight excluding hydrogens is 240 g/mol. The highest BCUT2D eigenvalue weighted by Crippen LogP contribution is 2.19. The molecule has 1 saturated heterocycles. The van der Waals surface area contributed by atoms with Gasteiger partial charge in [0.2, 0.25) is 5.91 Å². The van der Waals surface area contributed by atoms with Gasteiger partial charge in [0.1, 0.15) is 0 Å². The molecule has 0 aliphatic carbocycles. The van der Waals surface area contributed by atoms with Crippen molar-refractivity contribution >= 4 is 14.7 Å². The second-order valence-corrected chi connectivity index (χ2v) is 7.16. The molecule has 1 aliphatic rings. The first kappa shape index (κ1) is 14.6. The third-order valence-electron chi connectivity index (χ3n) is 3.34. The zero-order chi connectivity index (χ0) is 12.9. The van der Waals surface area contributed by atoms with Crippen molar-refractivity contribution in [3.05, 3.63) is 0 Å². The number of nitrogens with two attached hydrogens (primary N) is 1. The quantitative estimate of drug-likeness (QED) is 0.659. The summed E-state index contributed by atoms with van der Waals surface area (Å²) in [5.74, 6) is -0.187. The number of carbonyl (C=O) groups excluding carboxylic acids is 1. The summed E-state index contributed by atoms with van der Waals surface area (Å²) < 4.78 is 16.1. The number of amides is 1. The molecule has 1 fully saturated rings. The van der Waals surface area contributed by atoms with E-state index >= 15 is 0 Å². The van der Waals surface area contributed by atoms with E-state index in [0.29, 0.717) is 6.17 Å². The minimum absolute atomic E-state index is 0.00921. The van der Waals surface area contributed by atoms with Crippen molar-refractivity contribution in [2.75, 3.05) is 40.6 Å². The summed E-state index contributed by atoms with van der Waals surface area (Å²) in [5.41, 5.74) is 5.30. The second kappa shape index (κ2) is 6.46. The number of primary amides is 1. The molecule has 7 heteroatoms. The monoisotopic (exact) mass is 262 g/mol. The lowest BCUT2D eigenvalue weighted by molar-refractivity contribution is -0.123. The highest BCUT2D eigenvalue weighted by atomic mass is 28.4. The fourth-order valence-electron chi connectivity index (χ4n) is 2.09. The smallest absolute Gasteiger partial charge is 0.376 e. The number of nitrogens with zero attached hydrogens (tertiary/aromatic N) is 1. The standard InChI is InChI=1S/C10H22N2O4Si/c1-14-17(15-2,16-3)8-12-6-4-9(5-7-12)10(11)13/h9H,4-8H2,1-3H3,(H2,11,13). The Morgan fingerprint density at radius 3 is 2.06 bits per heavy atom. The number of rotatable bonds is 6. The Morgan fingerprint density at radius 1 is 1.24 bits per heavy atom. The highest BCUT2D eigenvalue weighted by molar-refractivity contribution is 6.60. The van der Waals surface area contributed by atoms with Crippen LogP contribution in [0.4, 0.5) is 0 Å². The first-order valence-electron chi connectivity index (χ1n) is 5.74. The number of hydrogen-bond donors (Lipinski definition) is 1. The summed E-state index contributed by atoms with van der Waals surface area (Å²) in [6, 6.07) is 0. The average Bonchev–Trinajstić information content (AvgIpc) is 2.37. The van der Waals surface area contributed by atoms with E-state index in [2.05, 4.69) is 4.90 Å². The summed E-state index contributed by atoms with van der Waals surface area (Å²) >= 11 is 0. The summed E-state index contributed by atoms with van der Waals surface area (Å²) in [5, 5.41) is 0. The zero-order valence-electron chi connectivity index (χ0n) is 10.8. The fraction of sp³-hybridized carbons (Fsp3) is 0.900. The molecule has 0 saturated carbocycles. The van der Waals surface area contributed by atoms with Crippen LogP contribution in [0.15, 0.2) is 0 Å². The minimum atomic E-state index is -2.54. The summed E-state index contributed by atoms with van der Waals surface area (Å²) in [6.07, 6.45) is 2.26. The van der Waals surface area contributed by atoms with Crippen LogP contribution in [0.5, 0.6) is 0 Å². The molecule has 0 aromatic carbocycles. The molecule has 1 rings (SSSR count). The molecule has 0 aromatic heterocycles. The van der Waals surface area contributed by atoms with Crippen LogP contribution in [0.2, 0.25) is 0 Å². The van der Waals surface area contributed by atoms with E-state index in [9.17, 15) is 4.79 Å². The van der Waals surface area contributed by atoms with Crippen LogP contribution in [0.25, 0.3) is 0 Å². The highest BCUT2D eigenvalue weighted by Gasteiger charge is 2.41. The molecule has 100 valence electrons. The molecule has 0 atom stereocenters. The predicted molar refractivity (Wildman–Crippen MR) is 65.1 cm³/mol. The summed E-state index contributed by atoms with van der Waals surface area (Å²) in [7, 11) is 2.28. The Hall–Kier alpha value is -0.473. The Kier molecular flexibility index (Phi) is 5.54. The lowest BCUT2D eigenvalue weighted by Gasteiger charge is -2.35. The van der Waals surface area contributed by atoms with Crippen molar-refractivity contribution in [3.8, 4) is 0 Å². The Balaban J connectivity index is 2.46. The van der Waals surface area contributed by atoms with E-state index in [4.69, 9.17) is 19.0 Å². The third kappa shape index (κ3) is 3.75. The van der Waals surface area contributed by atoms with Gasteiger partial charge < -0.3 is 19.0 Å². The van der Waals surface area contributed by atoms with Crippen molar-refractivity contribution in [1.29, 1.82) is 0 Å². The van der Waals surface area contributed by atoms with Gasteiger partial charge in [0, 0.05) is 27.2 Å². The lowest BCUT2D eigenvalue weighted by atomic mass is 9.97. The normalized spacial score (nSPS) is 19.5. The third-order valence-corrected chi connectivity index (χ3v) is 6.04. The summed E-state index contributed by atoms with van der Waals surface area (Å²) in [4.78, 5) is 13.3. The molecule has 0 bridgehead atoms. The van der Waals surface area contributed by atoms with Crippen molar-refractivity contribution < 1.29 is 18.1 Å². The molecule has 0 unspecified atom stereocenters. The molecule has 0 spiro atoms. The Morgan fingerprint density at radius 2 is 1.71 bits per heavy atom.